The van der Waals surface area contributed by atoms with E-state index in [9.17, 15) is 0 Å². The van der Waals surface area contributed by atoms with Gasteiger partial charge in [0.1, 0.15) is 0 Å². The first kappa shape index (κ1) is 11.5. The predicted octanol–water partition coefficient (Wildman–Crippen LogP) is 2.84. The summed E-state index contributed by atoms with van der Waals surface area (Å²) in [5.41, 5.74) is 0.595. The molecule has 1 N–H and O–H groups in total. The van der Waals surface area contributed by atoms with Gasteiger partial charge in [0, 0.05) is 6.04 Å². The number of hydrogen-bond donors (Lipinski definition) is 1. The highest BCUT2D eigenvalue weighted by Gasteiger charge is 2.33. The SMILES string of the molecule is CC(C)(C)C1CC(C(C)(C)C)NC=N1. The first-order valence-corrected chi connectivity index (χ1v) is 5.49. The summed E-state index contributed by atoms with van der Waals surface area (Å²) in [5, 5.41) is 3.37. The Labute approximate surface area is 88.2 Å². The summed E-state index contributed by atoms with van der Waals surface area (Å²) >= 11 is 0. The van der Waals surface area contributed by atoms with Crippen LogP contribution in [0.2, 0.25) is 0 Å². The van der Waals surface area contributed by atoms with E-state index in [1.54, 1.807) is 0 Å². The van der Waals surface area contributed by atoms with Gasteiger partial charge in [-0.15, -0.1) is 0 Å². The number of hydrogen-bond acceptors (Lipinski definition) is 2. The van der Waals surface area contributed by atoms with Gasteiger partial charge in [-0.25, -0.2) is 0 Å². The fraction of sp³-hybridized carbons (Fsp3) is 0.917. The Morgan fingerprint density at radius 1 is 1.07 bits per heavy atom. The van der Waals surface area contributed by atoms with Crippen LogP contribution in [0.4, 0.5) is 0 Å². The fourth-order valence-electron chi connectivity index (χ4n) is 1.76. The van der Waals surface area contributed by atoms with Crippen LogP contribution in [0.25, 0.3) is 0 Å². The summed E-state index contributed by atoms with van der Waals surface area (Å²) in [4.78, 5) is 4.53. The molecule has 0 aromatic rings. The quantitative estimate of drug-likeness (QED) is 0.633. The van der Waals surface area contributed by atoms with Gasteiger partial charge in [0.2, 0.25) is 0 Å². The molecule has 2 atom stereocenters. The summed E-state index contributed by atoms with van der Waals surface area (Å²) < 4.78 is 0. The first-order valence-electron chi connectivity index (χ1n) is 5.49. The van der Waals surface area contributed by atoms with E-state index in [0.29, 0.717) is 17.5 Å². The Hall–Kier alpha value is -0.530. The topological polar surface area (TPSA) is 24.4 Å². The highest BCUT2D eigenvalue weighted by Crippen LogP contribution is 2.32. The summed E-state index contributed by atoms with van der Waals surface area (Å²) in [6.07, 6.45) is 3.04. The standard InChI is InChI=1S/C12H24N2/c1-11(2,3)9-7-10(12(4,5)6)14-8-13-9/h8-10H,7H2,1-6H3,(H,13,14). The van der Waals surface area contributed by atoms with Gasteiger partial charge in [0.25, 0.3) is 0 Å². The van der Waals surface area contributed by atoms with Crippen molar-refractivity contribution in [2.75, 3.05) is 0 Å². The molecular formula is C12H24N2. The molecule has 1 rings (SSSR count). The lowest BCUT2D eigenvalue weighted by molar-refractivity contribution is 0.208. The molecule has 0 saturated heterocycles. The average Bonchev–Trinajstić information content (AvgIpc) is 2.01. The summed E-state index contributed by atoms with van der Waals surface area (Å²) in [5.74, 6) is 0. The minimum absolute atomic E-state index is 0.280. The van der Waals surface area contributed by atoms with Gasteiger partial charge >= 0.3 is 0 Å². The van der Waals surface area contributed by atoms with Crippen LogP contribution in [-0.2, 0) is 0 Å². The normalized spacial score (nSPS) is 28.7. The molecule has 0 amide bonds. The van der Waals surface area contributed by atoms with Crippen LogP contribution < -0.4 is 5.32 Å². The second kappa shape index (κ2) is 3.56. The lowest BCUT2D eigenvalue weighted by atomic mass is 9.76. The van der Waals surface area contributed by atoms with E-state index in [1.165, 1.54) is 0 Å². The lowest BCUT2D eigenvalue weighted by Gasteiger charge is -2.39. The highest BCUT2D eigenvalue weighted by atomic mass is 15.0. The van der Waals surface area contributed by atoms with Crippen molar-refractivity contribution in [2.24, 2.45) is 15.8 Å². The maximum Gasteiger partial charge on any atom is 0.0829 e. The van der Waals surface area contributed by atoms with Gasteiger partial charge in [0.15, 0.2) is 0 Å². The average molecular weight is 196 g/mol. The van der Waals surface area contributed by atoms with Gasteiger partial charge in [0.05, 0.1) is 12.4 Å². The Bertz CT molecular complexity index is 217. The monoisotopic (exact) mass is 196 g/mol. The zero-order chi connectivity index (χ0) is 11.0. The summed E-state index contributed by atoms with van der Waals surface area (Å²) in [6.45, 7) is 13.6. The minimum atomic E-state index is 0.280. The Morgan fingerprint density at radius 3 is 2.07 bits per heavy atom. The first-order chi connectivity index (χ1) is 6.21. The molecule has 0 aromatic carbocycles. The third kappa shape index (κ3) is 2.73. The second-order valence-corrected chi connectivity index (χ2v) is 6.48. The lowest BCUT2D eigenvalue weighted by Crippen LogP contribution is -2.47. The molecule has 82 valence electrons. The zero-order valence-electron chi connectivity index (χ0n) is 10.4. The zero-order valence-corrected chi connectivity index (χ0v) is 10.4. The molecule has 0 radical (unpaired) electrons. The molecule has 1 heterocycles. The van der Waals surface area contributed by atoms with Crippen LogP contribution in [0.15, 0.2) is 4.99 Å². The molecule has 0 bridgehead atoms. The Kier molecular flexibility index (Phi) is 2.93. The number of aliphatic imine (C=N–C) groups is 1. The maximum absolute atomic E-state index is 4.53. The molecule has 14 heavy (non-hydrogen) atoms. The van der Waals surface area contributed by atoms with Gasteiger partial charge < -0.3 is 5.32 Å². The van der Waals surface area contributed by atoms with Crippen molar-refractivity contribution in [1.82, 2.24) is 5.32 Å². The Morgan fingerprint density at radius 2 is 1.64 bits per heavy atom. The van der Waals surface area contributed by atoms with E-state index >= 15 is 0 Å². The number of nitrogens with zero attached hydrogens (tertiary/aromatic N) is 1. The number of rotatable bonds is 0. The van der Waals surface area contributed by atoms with Crippen molar-refractivity contribution >= 4 is 6.34 Å². The minimum Gasteiger partial charge on any atom is -0.373 e. The maximum atomic E-state index is 4.53. The van der Waals surface area contributed by atoms with Crippen molar-refractivity contribution in [2.45, 2.75) is 60.0 Å². The van der Waals surface area contributed by atoms with Crippen molar-refractivity contribution in [3.05, 3.63) is 0 Å². The molecule has 0 saturated carbocycles. The van der Waals surface area contributed by atoms with Gasteiger partial charge in [-0.3, -0.25) is 4.99 Å². The smallest absolute Gasteiger partial charge is 0.0829 e. The molecular weight excluding hydrogens is 172 g/mol. The van der Waals surface area contributed by atoms with Crippen LogP contribution >= 0.6 is 0 Å². The van der Waals surface area contributed by atoms with Gasteiger partial charge in [-0.1, -0.05) is 41.5 Å². The largest absolute Gasteiger partial charge is 0.373 e. The van der Waals surface area contributed by atoms with Crippen LogP contribution in [0.3, 0.4) is 0 Å². The van der Waals surface area contributed by atoms with Crippen molar-refractivity contribution in [1.29, 1.82) is 0 Å². The number of nitrogens with one attached hydrogen (secondary N) is 1. The van der Waals surface area contributed by atoms with E-state index in [0.717, 1.165) is 6.42 Å². The molecule has 1 aliphatic heterocycles. The molecule has 0 fully saturated rings. The van der Waals surface area contributed by atoms with Crippen molar-refractivity contribution in [3.63, 3.8) is 0 Å². The molecule has 2 nitrogen and oxygen atoms in total. The van der Waals surface area contributed by atoms with Crippen molar-refractivity contribution < 1.29 is 0 Å². The van der Waals surface area contributed by atoms with Crippen molar-refractivity contribution in [3.8, 4) is 0 Å². The molecule has 2 heteroatoms. The van der Waals surface area contributed by atoms with Gasteiger partial charge in [-0.2, -0.15) is 0 Å². The Balaban J connectivity index is 2.71. The summed E-state index contributed by atoms with van der Waals surface area (Å²) in [7, 11) is 0. The highest BCUT2D eigenvalue weighted by molar-refractivity contribution is 5.56. The predicted molar refractivity (Wildman–Crippen MR) is 62.7 cm³/mol. The van der Waals surface area contributed by atoms with Crippen LogP contribution in [-0.4, -0.2) is 18.4 Å². The third-order valence-corrected chi connectivity index (χ3v) is 3.03. The molecule has 0 spiro atoms. The molecule has 0 aliphatic carbocycles. The van der Waals surface area contributed by atoms with E-state index in [2.05, 4.69) is 51.9 Å². The second-order valence-electron chi connectivity index (χ2n) is 6.48. The fourth-order valence-corrected chi connectivity index (χ4v) is 1.76. The molecule has 2 unspecified atom stereocenters. The van der Waals surface area contributed by atoms with E-state index < -0.39 is 0 Å². The van der Waals surface area contributed by atoms with Gasteiger partial charge in [-0.05, 0) is 17.3 Å². The van der Waals surface area contributed by atoms with E-state index in [1.807, 2.05) is 6.34 Å². The van der Waals surface area contributed by atoms with E-state index in [-0.39, 0.29) is 5.41 Å². The van der Waals surface area contributed by atoms with Crippen LogP contribution in [0.5, 0.6) is 0 Å². The summed E-state index contributed by atoms with van der Waals surface area (Å²) in [6, 6.07) is 0.997. The van der Waals surface area contributed by atoms with E-state index in [4.69, 9.17) is 0 Å². The van der Waals surface area contributed by atoms with Crippen LogP contribution in [0, 0.1) is 10.8 Å². The molecule has 1 aliphatic rings. The third-order valence-electron chi connectivity index (χ3n) is 3.03. The van der Waals surface area contributed by atoms with Crippen LogP contribution in [0.1, 0.15) is 48.0 Å². The molecule has 0 aromatic heterocycles.